The van der Waals surface area contributed by atoms with Crippen molar-refractivity contribution in [3.8, 4) is 0 Å². The minimum atomic E-state index is -0.824. The van der Waals surface area contributed by atoms with Crippen LogP contribution in [0.3, 0.4) is 0 Å². The maximum atomic E-state index is 13.0. The van der Waals surface area contributed by atoms with Gasteiger partial charge in [-0.2, -0.15) is 0 Å². The Labute approximate surface area is 186 Å². The third kappa shape index (κ3) is 5.57. The zero-order chi connectivity index (χ0) is 22.9. The highest BCUT2D eigenvalue weighted by atomic mass is 16.2. The molecule has 164 valence electrons. The fourth-order valence-electron chi connectivity index (χ4n) is 3.46. The number of carbonyl (C=O) groups is 4. The Morgan fingerprint density at radius 2 is 1.56 bits per heavy atom. The molecule has 3 aromatic carbocycles. The van der Waals surface area contributed by atoms with Gasteiger partial charge in [0.1, 0.15) is 6.29 Å². The monoisotopic (exact) mass is 431 g/mol. The van der Waals surface area contributed by atoms with Gasteiger partial charge in [-0.25, -0.2) is 0 Å². The number of rotatable bonds is 8. The predicted octanol–water partition coefficient (Wildman–Crippen LogP) is 2.65. The molecule has 0 spiro atoms. The first-order valence-corrected chi connectivity index (χ1v) is 10.4. The van der Waals surface area contributed by atoms with E-state index in [4.69, 9.17) is 0 Å². The maximum Gasteiger partial charge on any atom is 0.309 e. The Kier molecular flexibility index (Phi) is 7.70. The number of benzene rings is 3. The second kappa shape index (κ2) is 10.9. The lowest BCUT2D eigenvalue weighted by atomic mass is 9.99. The highest BCUT2D eigenvalue weighted by Gasteiger charge is 2.18. The molecule has 0 aliphatic carbocycles. The minimum Gasteiger partial charge on any atom is -0.347 e. The Bertz CT molecular complexity index is 1140. The van der Waals surface area contributed by atoms with Crippen LogP contribution in [0.5, 0.6) is 0 Å². The lowest BCUT2D eigenvalue weighted by Gasteiger charge is -2.18. The number of hydrogen-bond donors (Lipinski definition) is 3. The van der Waals surface area contributed by atoms with Crippen molar-refractivity contribution in [2.24, 2.45) is 0 Å². The SMILES string of the molecule is C[C@@H](NC(=O)c1ccccc1CNC(=O)C(=O)NCCC=O)c1cccc2ccccc12. The molecule has 0 saturated heterocycles. The van der Waals surface area contributed by atoms with Gasteiger partial charge in [0.15, 0.2) is 0 Å². The minimum absolute atomic E-state index is 0.0200. The molecule has 32 heavy (non-hydrogen) atoms. The molecule has 3 amide bonds. The third-order valence-corrected chi connectivity index (χ3v) is 5.09. The van der Waals surface area contributed by atoms with E-state index in [1.807, 2.05) is 49.4 Å². The average molecular weight is 431 g/mol. The van der Waals surface area contributed by atoms with Gasteiger partial charge in [-0.05, 0) is 34.9 Å². The molecule has 0 aliphatic heterocycles. The fourth-order valence-corrected chi connectivity index (χ4v) is 3.46. The molecule has 0 radical (unpaired) electrons. The second-order valence-electron chi connectivity index (χ2n) is 7.31. The summed E-state index contributed by atoms with van der Waals surface area (Å²) in [6.45, 7) is 2.04. The van der Waals surface area contributed by atoms with Crippen molar-refractivity contribution < 1.29 is 19.2 Å². The molecular formula is C25H25N3O4. The maximum absolute atomic E-state index is 13.0. The van der Waals surface area contributed by atoms with Crippen LogP contribution in [0.1, 0.15) is 40.9 Å². The van der Waals surface area contributed by atoms with Gasteiger partial charge < -0.3 is 20.7 Å². The van der Waals surface area contributed by atoms with Crippen molar-refractivity contribution in [1.82, 2.24) is 16.0 Å². The van der Waals surface area contributed by atoms with Gasteiger partial charge in [-0.15, -0.1) is 0 Å². The molecule has 7 nitrogen and oxygen atoms in total. The molecule has 0 aromatic heterocycles. The Hall–Kier alpha value is -4.00. The summed E-state index contributed by atoms with van der Waals surface area (Å²) in [5.41, 5.74) is 2.01. The summed E-state index contributed by atoms with van der Waals surface area (Å²) in [7, 11) is 0. The largest absolute Gasteiger partial charge is 0.347 e. The molecule has 7 heteroatoms. The quantitative estimate of drug-likeness (QED) is 0.290. The molecule has 0 aliphatic rings. The number of amides is 3. The summed E-state index contributed by atoms with van der Waals surface area (Å²) < 4.78 is 0. The number of aldehydes is 1. The molecule has 3 rings (SSSR count). The molecule has 0 bridgehead atoms. The fraction of sp³-hybridized carbons (Fsp3) is 0.200. The predicted molar refractivity (Wildman–Crippen MR) is 122 cm³/mol. The van der Waals surface area contributed by atoms with Crippen LogP contribution in [0.25, 0.3) is 10.8 Å². The van der Waals surface area contributed by atoms with E-state index in [2.05, 4.69) is 16.0 Å². The first-order chi connectivity index (χ1) is 15.5. The van der Waals surface area contributed by atoms with E-state index in [0.717, 1.165) is 16.3 Å². The van der Waals surface area contributed by atoms with E-state index in [0.29, 0.717) is 17.4 Å². The van der Waals surface area contributed by atoms with Gasteiger partial charge in [-0.1, -0.05) is 60.7 Å². The van der Waals surface area contributed by atoms with Gasteiger partial charge in [0.2, 0.25) is 0 Å². The van der Waals surface area contributed by atoms with Crippen molar-refractivity contribution in [2.45, 2.75) is 25.9 Å². The summed E-state index contributed by atoms with van der Waals surface area (Å²) in [6.07, 6.45) is 0.795. The van der Waals surface area contributed by atoms with Crippen molar-refractivity contribution in [2.75, 3.05) is 6.54 Å². The highest BCUT2D eigenvalue weighted by Crippen LogP contribution is 2.24. The molecule has 0 fully saturated rings. The Morgan fingerprint density at radius 3 is 2.38 bits per heavy atom. The highest BCUT2D eigenvalue weighted by molar-refractivity contribution is 6.35. The Balaban J connectivity index is 1.68. The zero-order valence-electron chi connectivity index (χ0n) is 17.8. The van der Waals surface area contributed by atoms with Gasteiger partial charge in [0.25, 0.3) is 5.91 Å². The van der Waals surface area contributed by atoms with Crippen LogP contribution < -0.4 is 16.0 Å². The molecule has 0 heterocycles. The molecule has 0 saturated carbocycles. The van der Waals surface area contributed by atoms with Gasteiger partial charge in [0.05, 0.1) is 6.04 Å². The molecule has 3 N–H and O–H groups in total. The van der Waals surface area contributed by atoms with Crippen LogP contribution in [-0.2, 0) is 20.9 Å². The summed E-state index contributed by atoms with van der Waals surface area (Å²) in [5.74, 6) is -1.92. The van der Waals surface area contributed by atoms with Crippen molar-refractivity contribution in [3.63, 3.8) is 0 Å². The number of fused-ring (bicyclic) bond motifs is 1. The molecule has 0 unspecified atom stereocenters. The van der Waals surface area contributed by atoms with Gasteiger partial charge in [0, 0.05) is 25.1 Å². The Morgan fingerprint density at radius 1 is 0.875 bits per heavy atom. The zero-order valence-corrected chi connectivity index (χ0v) is 17.8. The number of hydrogen-bond acceptors (Lipinski definition) is 4. The average Bonchev–Trinajstić information content (AvgIpc) is 2.82. The van der Waals surface area contributed by atoms with Crippen LogP contribution in [0.2, 0.25) is 0 Å². The first-order valence-electron chi connectivity index (χ1n) is 10.4. The van der Waals surface area contributed by atoms with Crippen LogP contribution in [0.15, 0.2) is 66.7 Å². The molecular weight excluding hydrogens is 406 g/mol. The summed E-state index contributed by atoms with van der Waals surface area (Å²) >= 11 is 0. The van der Waals surface area contributed by atoms with Gasteiger partial charge in [-0.3, -0.25) is 14.4 Å². The lowest BCUT2D eigenvalue weighted by Crippen LogP contribution is -2.40. The second-order valence-corrected chi connectivity index (χ2v) is 7.31. The summed E-state index contributed by atoms with van der Waals surface area (Å²) in [4.78, 5) is 47.0. The van der Waals surface area contributed by atoms with Crippen molar-refractivity contribution in [3.05, 3.63) is 83.4 Å². The summed E-state index contributed by atoms with van der Waals surface area (Å²) in [5, 5.41) is 10.1. The summed E-state index contributed by atoms with van der Waals surface area (Å²) in [6, 6.07) is 20.6. The van der Waals surface area contributed by atoms with E-state index in [1.165, 1.54) is 0 Å². The third-order valence-electron chi connectivity index (χ3n) is 5.09. The smallest absolute Gasteiger partial charge is 0.309 e. The molecule has 1 atom stereocenters. The van der Waals surface area contributed by atoms with E-state index in [1.54, 1.807) is 24.3 Å². The van der Waals surface area contributed by atoms with Gasteiger partial charge >= 0.3 is 11.8 Å². The first kappa shape index (κ1) is 22.7. The van der Waals surface area contributed by atoms with Crippen LogP contribution >= 0.6 is 0 Å². The van der Waals surface area contributed by atoms with Crippen molar-refractivity contribution >= 4 is 34.8 Å². The topological polar surface area (TPSA) is 104 Å². The van der Waals surface area contributed by atoms with Crippen LogP contribution in [0.4, 0.5) is 0 Å². The van der Waals surface area contributed by atoms with E-state index in [9.17, 15) is 19.2 Å². The van der Waals surface area contributed by atoms with E-state index >= 15 is 0 Å². The van der Waals surface area contributed by atoms with E-state index in [-0.39, 0.29) is 31.5 Å². The van der Waals surface area contributed by atoms with Crippen molar-refractivity contribution in [1.29, 1.82) is 0 Å². The molecule has 3 aromatic rings. The normalized spacial score (nSPS) is 11.4. The number of nitrogens with one attached hydrogen (secondary N) is 3. The van der Waals surface area contributed by atoms with Crippen LogP contribution in [-0.4, -0.2) is 30.6 Å². The van der Waals surface area contributed by atoms with E-state index < -0.39 is 11.8 Å². The lowest BCUT2D eigenvalue weighted by molar-refractivity contribution is -0.139. The number of carbonyl (C=O) groups excluding carboxylic acids is 4. The van der Waals surface area contributed by atoms with Crippen LogP contribution in [0, 0.1) is 0 Å². The standard InChI is InChI=1S/C25H25N3O4/c1-17(20-13-6-10-18-8-2-4-11-21(18)20)28-23(30)22-12-5-3-9-19(22)16-27-25(32)24(31)26-14-7-15-29/h2-6,8-13,15,17H,7,14,16H2,1H3,(H,26,31)(H,27,32)(H,28,30)/t17-/m1/s1.